The van der Waals surface area contributed by atoms with E-state index >= 15 is 0 Å². The first kappa shape index (κ1) is 23.3. The Labute approximate surface area is 223 Å². The molecule has 1 spiro atoms. The summed E-state index contributed by atoms with van der Waals surface area (Å²) >= 11 is 0. The van der Waals surface area contributed by atoms with Crippen molar-refractivity contribution in [3.63, 3.8) is 0 Å². The van der Waals surface area contributed by atoms with Crippen LogP contribution in [0.1, 0.15) is 36.0 Å². The van der Waals surface area contributed by atoms with Crippen molar-refractivity contribution in [1.82, 2.24) is 14.8 Å². The number of fused-ring (bicyclic) bond motifs is 1. The molecule has 0 bridgehead atoms. The van der Waals surface area contributed by atoms with Crippen LogP contribution in [0.2, 0.25) is 0 Å². The number of hydrogen-bond acceptors (Lipinski definition) is 4. The molecule has 7 rings (SSSR count). The third-order valence-electron chi connectivity index (χ3n) is 9.68. The summed E-state index contributed by atoms with van der Waals surface area (Å²) in [6.45, 7) is 1.95. The number of likely N-dealkylation sites (tertiary alicyclic amines) is 2. The quantitative estimate of drug-likeness (QED) is 0.544. The van der Waals surface area contributed by atoms with E-state index < -0.39 is 5.41 Å². The Kier molecular flexibility index (Phi) is 5.29. The van der Waals surface area contributed by atoms with Crippen molar-refractivity contribution in [1.29, 1.82) is 5.41 Å². The third-order valence-corrected chi connectivity index (χ3v) is 9.68. The van der Waals surface area contributed by atoms with E-state index in [0.717, 1.165) is 36.0 Å². The minimum absolute atomic E-state index is 0.0624. The van der Waals surface area contributed by atoms with Gasteiger partial charge in [0.25, 0.3) is 0 Å². The van der Waals surface area contributed by atoms with Crippen molar-refractivity contribution < 1.29 is 9.59 Å². The van der Waals surface area contributed by atoms with Crippen LogP contribution >= 0.6 is 0 Å². The second-order valence-corrected chi connectivity index (χ2v) is 11.5. The first-order valence-corrected chi connectivity index (χ1v) is 13.8. The van der Waals surface area contributed by atoms with Crippen molar-refractivity contribution in [2.24, 2.45) is 23.2 Å². The minimum atomic E-state index is -0.739. The Morgan fingerprint density at radius 1 is 0.921 bits per heavy atom. The highest BCUT2D eigenvalue weighted by Crippen LogP contribution is 2.89. The molecule has 2 unspecified atom stereocenters. The van der Waals surface area contributed by atoms with Gasteiger partial charge in [-0.2, -0.15) is 0 Å². The summed E-state index contributed by atoms with van der Waals surface area (Å²) in [6.07, 6.45) is 6.55. The van der Waals surface area contributed by atoms with Gasteiger partial charge >= 0.3 is 0 Å². The molecule has 2 amide bonds. The number of rotatable bonds is 6. The molecule has 3 heterocycles. The number of hydrogen-bond donors (Lipinski definition) is 1. The van der Waals surface area contributed by atoms with Crippen LogP contribution in [0.25, 0.3) is 0 Å². The van der Waals surface area contributed by atoms with Gasteiger partial charge < -0.3 is 4.90 Å². The van der Waals surface area contributed by atoms with E-state index in [1.165, 1.54) is 0 Å². The molecule has 2 saturated carbocycles. The van der Waals surface area contributed by atoms with Gasteiger partial charge in [-0.05, 0) is 59.9 Å². The van der Waals surface area contributed by atoms with Crippen LogP contribution in [0.15, 0.2) is 85.2 Å². The van der Waals surface area contributed by atoms with E-state index in [1.807, 2.05) is 58.3 Å². The van der Waals surface area contributed by atoms with Gasteiger partial charge in [0.2, 0.25) is 11.8 Å². The number of nitrogens with one attached hydrogen (secondary N) is 1. The van der Waals surface area contributed by atoms with E-state index in [2.05, 4.69) is 29.2 Å². The molecule has 2 aliphatic carbocycles. The van der Waals surface area contributed by atoms with Crippen molar-refractivity contribution in [2.75, 3.05) is 19.6 Å². The Hall–Kier alpha value is -3.80. The van der Waals surface area contributed by atoms with Crippen molar-refractivity contribution in [2.45, 2.75) is 31.1 Å². The van der Waals surface area contributed by atoms with Gasteiger partial charge in [-0.25, -0.2) is 0 Å². The lowest BCUT2D eigenvalue weighted by Gasteiger charge is -2.47. The maximum atomic E-state index is 14.7. The Balaban J connectivity index is 1.13. The molecule has 4 aliphatic rings. The number of nitrogens with zero attached hydrogens (tertiary/aromatic N) is 3. The predicted octanol–water partition coefficient (Wildman–Crippen LogP) is 4.30. The highest BCUT2D eigenvalue weighted by Gasteiger charge is 2.91. The van der Waals surface area contributed by atoms with Crippen LogP contribution in [0.4, 0.5) is 0 Å². The van der Waals surface area contributed by atoms with Gasteiger partial charge in [-0.3, -0.25) is 24.9 Å². The van der Waals surface area contributed by atoms with Gasteiger partial charge in [0.1, 0.15) is 11.3 Å². The molecule has 0 radical (unpaired) electrons. The number of benzene rings is 2. The fourth-order valence-electron chi connectivity index (χ4n) is 7.60. The summed E-state index contributed by atoms with van der Waals surface area (Å²) in [5, 5.41) is 9.07. The summed E-state index contributed by atoms with van der Waals surface area (Å²) < 4.78 is 0. The molecular weight excluding hydrogens is 472 g/mol. The maximum Gasteiger partial charge on any atom is 0.243 e. The minimum Gasteiger partial charge on any atom is -0.342 e. The number of amidine groups is 1. The number of piperidine rings is 2. The standard InChI is InChI=1S/C32H32N4O2/c33-29-28-26-20-31(26,28)32(24-7-3-1-4-8-24,25-9-5-2-6-10-25)30(38)36(29)21-23-13-17-35(18-14-23)27(37)19-22-11-15-34-16-12-22/h1-12,15-16,23,26,28,33H,13-14,17-21H2/t26-,28?,31?/m0/s1. The van der Waals surface area contributed by atoms with Crippen molar-refractivity contribution in [3.05, 3.63) is 102 Å². The number of carbonyl (C=O) groups is 2. The molecule has 2 saturated heterocycles. The fraction of sp³-hybridized carbons (Fsp3) is 0.375. The van der Waals surface area contributed by atoms with Crippen LogP contribution in [0, 0.1) is 28.6 Å². The average Bonchev–Trinajstić information content (AvgIpc) is 3.85. The highest BCUT2D eigenvalue weighted by molar-refractivity contribution is 6.12. The first-order valence-electron chi connectivity index (χ1n) is 13.8. The summed E-state index contributed by atoms with van der Waals surface area (Å²) in [6, 6.07) is 24.3. The molecule has 1 aromatic heterocycles. The number of pyridine rings is 1. The van der Waals surface area contributed by atoms with Gasteiger partial charge in [0, 0.05) is 43.4 Å². The summed E-state index contributed by atoms with van der Waals surface area (Å²) in [4.78, 5) is 35.4. The maximum absolute atomic E-state index is 14.7. The van der Waals surface area contributed by atoms with Gasteiger partial charge in [-0.15, -0.1) is 0 Å². The lowest BCUT2D eigenvalue weighted by Crippen LogP contribution is -2.60. The number of amides is 2. The Bertz CT molecular complexity index is 1350. The second kappa shape index (κ2) is 8.62. The van der Waals surface area contributed by atoms with Crippen LogP contribution in [0.3, 0.4) is 0 Å². The molecule has 2 aliphatic heterocycles. The first-order chi connectivity index (χ1) is 18.6. The van der Waals surface area contributed by atoms with Gasteiger partial charge in [0.15, 0.2) is 0 Å². The number of aromatic nitrogens is 1. The third kappa shape index (κ3) is 3.25. The molecule has 4 fully saturated rings. The Morgan fingerprint density at radius 3 is 2.11 bits per heavy atom. The smallest absolute Gasteiger partial charge is 0.243 e. The van der Waals surface area contributed by atoms with E-state index in [4.69, 9.17) is 5.41 Å². The highest BCUT2D eigenvalue weighted by atomic mass is 16.2. The van der Waals surface area contributed by atoms with Gasteiger partial charge in [0.05, 0.1) is 6.42 Å². The molecule has 6 heteroatoms. The second-order valence-electron chi connectivity index (χ2n) is 11.5. The molecule has 3 aromatic rings. The van der Waals surface area contributed by atoms with E-state index in [-0.39, 0.29) is 29.1 Å². The topological polar surface area (TPSA) is 77.4 Å². The largest absolute Gasteiger partial charge is 0.342 e. The number of carbonyl (C=O) groups excluding carboxylic acids is 2. The normalized spacial score (nSPS) is 27.5. The summed E-state index contributed by atoms with van der Waals surface area (Å²) in [7, 11) is 0. The zero-order valence-electron chi connectivity index (χ0n) is 21.4. The summed E-state index contributed by atoms with van der Waals surface area (Å²) in [5.74, 6) is 1.57. The monoisotopic (exact) mass is 504 g/mol. The van der Waals surface area contributed by atoms with Crippen molar-refractivity contribution >= 4 is 17.6 Å². The average molecular weight is 505 g/mol. The van der Waals surface area contributed by atoms with E-state index in [0.29, 0.717) is 37.8 Å². The molecule has 6 nitrogen and oxygen atoms in total. The van der Waals surface area contributed by atoms with E-state index in [9.17, 15) is 9.59 Å². The SMILES string of the molecule is N=C1C2[C@@H]3CC23C(c2ccccc2)(c2ccccc2)C(=O)N1CC1CCN(C(=O)Cc2ccncc2)CC1. The molecule has 2 aromatic carbocycles. The zero-order chi connectivity index (χ0) is 25.9. The zero-order valence-corrected chi connectivity index (χ0v) is 21.4. The van der Waals surface area contributed by atoms with Crippen LogP contribution in [-0.4, -0.2) is 52.1 Å². The molecule has 38 heavy (non-hydrogen) atoms. The fourth-order valence-corrected chi connectivity index (χ4v) is 7.60. The van der Waals surface area contributed by atoms with Crippen LogP contribution < -0.4 is 0 Å². The predicted molar refractivity (Wildman–Crippen MR) is 144 cm³/mol. The molecule has 3 atom stereocenters. The van der Waals surface area contributed by atoms with Crippen LogP contribution in [-0.2, 0) is 21.4 Å². The summed E-state index contributed by atoms with van der Waals surface area (Å²) in [5.41, 5.74) is 2.19. The van der Waals surface area contributed by atoms with Crippen molar-refractivity contribution in [3.8, 4) is 0 Å². The lowest BCUT2D eigenvalue weighted by molar-refractivity contribution is -0.137. The Morgan fingerprint density at radius 2 is 1.53 bits per heavy atom. The van der Waals surface area contributed by atoms with E-state index in [1.54, 1.807) is 12.4 Å². The van der Waals surface area contributed by atoms with Gasteiger partial charge in [-0.1, -0.05) is 60.7 Å². The molecule has 192 valence electrons. The van der Waals surface area contributed by atoms with Crippen LogP contribution in [0.5, 0.6) is 0 Å². The molecule has 1 N–H and O–H groups in total. The lowest BCUT2D eigenvalue weighted by atomic mass is 9.62. The molecular formula is C32H32N4O2.